The monoisotopic (exact) mass is 409 g/mol. The Hall–Kier alpha value is -1.06. The zero-order valence-electron chi connectivity index (χ0n) is 9.14. The number of hydrogen-bond acceptors (Lipinski definition) is 4. The summed E-state index contributed by atoms with van der Waals surface area (Å²) < 4.78 is 40.2. The molecule has 1 heterocycles. The summed E-state index contributed by atoms with van der Waals surface area (Å²) in [5.41, 5.74) is 0. The number of nitrogens with one attached hydrogen (secondary N) is 1. The number of aromatic nitrogens is 2. The lowest BCUT2D eigenvalue weighted by Gasteiger charge is -2.07. The van der Waals surface area contributed by atoms with Crippen molar-refractivity contribution in [3.05, 3.63) is 45.5 Å². The topological polar surface area (TPSA) is 72.0 Å². The highest BCUT2D eigenvalue weighted by Gasteiger charge is 2.16. The van der Waals surface area contributed by atoms with Crippen molar-refractivity contribution in [3.63, 3.8) is 0 Å². The minimum Gasteiger partial charge on any atom is -0.262 e. The fraction of sp³-hybridized carbons (Fsp3) is 0. The Balaban J connectivity index is 2.32. The third-order valence-corrected chi connectivity index (χ3v) is 4.47. The van der Waals surface area contributed by atoms with Crippen molar-refractivity contribution < 1.29 is 12.8 Å². The smallest absolute Gasteiger partial charge is 0.262 e. The largest absolute Gasteiger partial charge is 0.263 e. The molecule has 0 radical (unpaired) electrons. The number of anilines is 1. The van der Waals surface area contributed by atoms with Gasteiger partial charge in [-0.15, -0.1) is 0 Å². The van der Waals surface area contributed by atoms with E-state index in [0.717, 1.165) is 6.07 Å². The molecule has 0 fully saturated rings. The van der Waals surface area contributed by atoms with E-state index in [1.807, 2.05) is 0 Å². The predicted octanol–water partition coefficient (Wildman–Crippen LogP) is 2.94. The van der Waals surface area contributed by atoms with E-state index in [2.05, 4.69) is 46.5 Å². The molecule has 0 unspecified atom stereocenters. The summed E-state index contributed by atoms with van der Waals surface area (Å²) in [5, 5.41) is 0. The Bertz CT molecular complexity index is 707. The van der Waals surface area contributed by atoms with Crippen molar-refractivity contribution >= 4 is 47.7 Å². The van der Waals surface area contributed by atoms with Crippen molar-refractivity contribution in [1.29, 1.82) is 0 Å². The first-order valence-corrected chi connectivity index (χ1v) is 7.91. The number of rotatable bonds is 3. The molecule has 2 rings (SSSR count). The SMILES string of the molecule is O=S(=O)(Nc1cnc(Br)cn1)c1ccc(Br)c(F)c1. The average molecular weight is 411 g/mol. The highest BCUT2D eigenvalue weighted by molar-refractivity contribution is 9.10. The van der Waals surface area contributed by atoms with Crippen LogP contribution in [0.25, 0.3) is 0 Å². The molecule has 0 aliphatic heterocycles. The van der Waals surface area contributed by atoms with Gasteiger partial charge >= 0.3 is 0 Å². The molecule has 0 saturated carbocycles. The third kappa shape index (κ3) is 3.48. The van der Waals surface area contributed by atoms with Gasteiger partial charge in [-0.1, -0.05) is 0 Å². The average Bonchev–Trinajstić information content (AvgIpc) is 2.35. The Morgan fingerprint density at radius 2 is 1.89 bits per heavy atom. The van der Waals surface area contributed by atoms with Crippen LogP contribution < -0.4 is 4.72 Å². The zero-order valence-corrected chi connectivity index (χ0v) is 13.1. The van der Waals surface area contributed by atoms with Crippen LogP contribution in [0.2, 0.25) is 0 Å². The highest BCUT2D eigenvalue weighted by Crippen LogP contribution is 2.21. The van der Waals surface area contributed by atoms with Gasteiger partial charge in [0.2, 0.25) is 0 Å². The predicted molar refractivity (Wildman–Crippen MR) is 74.6 cm³/mol. The Labute approximate surface area is 125 Å². The quantitative estimate of drug-likeness (QED) is 0.844. The summed E-state index contributed by atoms with van der Waals surface area (Å²) in [7, 11) is -3.89. The summed E-state index contributed by atoms with van der Waals surface area (Å²) in [6.45, 7) is 0. The second-order valence-corrected chi connectivity index (χ2v) is 6.75. The van der Waals surface area contributed by atoms with Crippen molar-refractivity contribution in [2.75, 3.05) is 4.72 Å². The van der Waals surface area contributed by atoms with E-state index in [1.54, 1.807) is 0 Å². The lowest BCUT2D eigenvalue weighted by Crippen LogP contribution is -2.14. The summed E-state index contributed by atoms with van der Waals surface area (Å²) in [6, 6.07) is 3.51. The molecule has 1 aromatic carbocycles. The van der Waals surface area contributed by atoms with Crippen LogP contribution in [0, 0.1) is 5.82 Å². The van der Waals surface area contributed by atoms with Crippen molar-refractivity contribution in [2.24, 2.45) is 0 Å². The molecule has 100 valence electrons. The van der Waals surface area contributed by atoms with E-state index in [1.165, 1.54) is 24.5 Å². The number of benzene rings is 1. The molecular formula is C10H6Br2FN3O2S. The summed E-state index contributed by atoms with van der Waals surface area (Å²) in [4.78, 5) is 7.46. The van der Waals surface area contributed by atoms with Gasteiger partial charge in [-0.05, 0) is 50.1 Å². The van der Waals surface area contributed by atoms with Crippen LogP contribution in [0.5, 0.6) is 0 Å². The molecule has 2 aromatic rings. The van der Waals surface area contributed by atoms with Gasteiger partial charge in [-0.25, -0.2) is 22.8 Å². The van der Waals surface area contributed by atoms with Gasteiger partial charge < -0.3 is 0 Å². The van der Waals surface area contributed by atoms with Gasteiger partial charge in [0.1, 0.15) is 10.4 Å². The van der Waals surface area contributed by atoms with E-state index >= 15 is 0 Å². The van der Waals surface area contributed by atoms with Crippen LogP contribution >= 0.6 is 31.9 Å². The minimum absolute atomic E-state index is 0.0477. The molecule has 5 nitrogen and oxygen atoms in total. The summed E-state index contributed by atoms with van der Waals surface area (Å²) in [5.74, 6) is -0.615. The highest BCUT2D eigenvalue weighted by atomic mass is 79.9. The van der Waals surface area contributed by atoms with Gasteiger partial charge in [-0.2, -0.15) is 0 Å². The molecule has 1 aromatic heterocycles. The lowest BCUT2D eigenvalue weighted by atomic mass is 10.3. The Morgan fingerprint density at radius 3 is 2.47 bits per heavy atom. The maximum absolute atomic E-state index is 13.3. The van der Waals surface area contributed by atoms with E-state index in [9.17, 15) is 12.8 Å². The second-order valence-electron chi connectivity index (χ2n) is 3.41. The van der Waals surface area contributed by atoms with E-state index in [-0.39, 0.29) is 15.2 Å². The van der Waals surface area contributed by atoms with Gasteiger partial charge in [0.25, 0.3) is 10.0 Å². The van der Waals surface area contributed by atoms with Gasteiger partial charge in [0.15, 0.2) is 5.82 Å². The number of sulfonamides is 1. The first-order chi connectivity index (χ1) is 8.88. The minimum atomic E-state index is -3.89. The van der Waals surface area contributed by atoms with Gasteiger partial charge in [0, 0.05) is 0 Å². The van der Waals surface area contributed by atoms with Crippen molar-refractivity contribution in [2.45, 2.75) is 4.90 Å². The molecule has 0 spiro atoms. The van der Waals surface area contributed by atoms with Crippen molar-refractivity contribution in [1.82, 2.24) is 9.97 Å². The van der Waals surface area contributed by atoms with Crippen molar-refractivity contribution in [3.8, 4) is 0 Å². The van der Waals surface area contributed by atoms with Crippen LogP contribution in [0.4, 0.5) is 10.2 Å². The molecular weight excluding hydrogens is 405 g/mol. The number of hydrogen-bond donors (Lipinski definition) is 1. The first kappa shape index (κ1) is 14.4. The molecule has 0 bridgehead atoms. The molecule has 0 amide bonds. The fourth-order valence-corrected chi connectivity index (χ4v) is 2.66. The maximum atomic E-state index is 13.3. The molecule has 9 heteroatoms. The number of halogens is 3. The Morgan fingerprint density at radius 1 is 1.16 bits per heavy atom. The van der Waals surface area contributed by atoms with Crippen LogP contribution in [0.1, 0.15) is 0 Å². The standard InChI is InChI=1S/C10H6Br2FN3O2S/c11-7-2-1-6(3-8(7)13)19(17,18)16-10-5-14-9(12)4-15-10/h1-5H,(H,15,16). The van der Waals surface area contributed by atoms with Crippen LogP contribution in [0.3, 0.4) is 0 Å². The van der Waals surface area contributed by atoms with E-state index < -0.39 is 15.8 Å². The molecule has 0 atom stereocenters. The summed E-state index contributed by atoms with van der Waals surface area (Å²) in [6.07, 6.45) is 2.59. The number of nitrogens with zero attached hydrogens (tertiary/aromatic N) is 2. The van der Waals surface area contributed by atoms with E-state index in [0.29, 0.717) is 4.60 Å². The third-order valence-electron chi connectivity index (χ3n) is 2.06. The summed E-state index contributed by atoms with van der Waals surface area (Å²) >= 11 is 6.03. The van der Waals surface area contributed by atoms with Crippen LogP contribution in [-0.4, -0.2) is 18.4 Å². The molecule has 0 aliphatic carbocycles. The fourth-order valence-electron chi connectivity index (χ4n) is 1.21. The van der Waals surface area contributed by atoms with Gasteiger partial charge in [-0.3, -0.25) is 4.72 Å². The van der Waals surface area contributed by atoms with E-state index in [4.69, 9.17) is 0 Å². The molecule has 0 saturated heterocycles. The lowest BCUT2D eigenvalue weighted by molar-refractivity contribution is 0.593. The second kappa shape index (κ2) is 5.51. The zero-order chi connectivity index (χ0) is 14.0. The first-order valence-electron chi connectivity index (χ1n) is 4.84. The molecule has 19 heavy (non-hydrogen) atoms. The molecule has 0 aliphatic rings. The Kier molecular flexibility index (Phi) is 4.16. The molecule has 1 N–H and O–H groups in total. The van der Waals surface area contributed by atoms with Gasteiger partial charge in [0.05, 0.1) is 21.8 Å². The maximum Gasteiger partial charge on any atom is 0.263 e. The van der Waals surface area contributed by atoms with Crippen LogP contribution in [0.15, 0.2) is 44.6 Å². The van der Waals surface area contributed by atoms with Crippen LogP contribution in [-0.2, 0) is 10.0 Å². The normalized spacial score (nSPS) is 11.3.